The summed E-state index contributed by atoms with van der Waals surface area (Å²) >= 11 is 0. The number of rotatable bonds is 5. The molecule has 3 fully saturated rings. The van der Waals surface area contributed by atoms with Crippen LogP contribution in [0, 0.1) is 41.4 Å². The highest BCUT2D eigenvalue weighted by atomic mass is 32.2. The molecule has 4 rings (SSSR count). The maximum absolute atomic E-state index is 11.4. The Balaban J connectivity index is 1.38. The molecule has 7 atom stereocenters. The van der Waals surface area contributed by atoms with Crippen molar-refractivity contribution in [3.05, 3.63) is 12.2 Å². The van der Waals surface area contributed by atoms with Crippen LogP contribution in [0.1, 0.15) is 32.6 Å². The minimum Gasteiger partial charge on any atom is -0.270 e. The van der Waals surface area contributed by atoms with Crippen LogP contribution < -0.4 is 0 Å². The molecule has 4 heteroatoms. The summed E-state index contributed by atoms with van der Waals surface area (Å²) in [5.41, 5.74) is 0. The Kier molecular flexibility index (Phi) is 3.05. The fraction of sp³-hybridized carbons (Fsp3) is 0.875. The van der Waals surface area contributed by atoms with Crippen LogP contribution in [0.2, 0.25) is 0 Å². The van der Waals surface area contributed by atoms with Crippen molar-refractivity contribution in [2.24, 2.45) is 41.4 Å². The van der Waals surface area contributed by atoms with Gasteiger partial charge in [-0.1, -0.05) is 12.2 Å². The Morgan fingerprint density at radius 1 is 1.10 bits per heavy atom. The molecule has 0 radical (unpaired) electrons. The second kappa shape index (κ2) is 4.57. The lowest BCUT2D eigenvalue weighted by Crippen LogP contribution is -2.31. The standard InChI is InChI=1S/C16H24O3S/c1-2-20(17,18)19-6-5-10-7-13-9-14(10)16-12-4-3-11(8-12)15(13)16/h3-4,10-16H,2,5-9H2,1H3. The molecule has 20 heavy (non-hydrogen) atoms. The van der Waals surface area contributed by atoms with E-state index in [2.05, 4.69) is 12.2 Å². The van der Waals surface area contributed by atoms with E-state index in [9.17, 15) is 8.42 Å². The zero-order valence-electron chi connectivity index (χ0n) is 12.1. The van der Waals surface area contributed by atoms with Crippen LogP contribution in [-0.2, 0) is 14.3 Å². The lowest BCUT2D eigenvalue weighted by atomic mass is 9.69. The van der Waals surface area contributed by atoms with E-state index in [0.29, 0.717) is 12.5 Å². The van der Waals surface area contributed by atoms with Crippen molar-refractivity contribution in [2.45, 2.75) is 32.6 Å². The highest BCUT2D eigenvalue weighted by Crippen LogP contribution is 2.67. The van der Waals surface area contributed by atoms with Crippen LogP contribution in [-0.4, -0.2) is 20.8 Å². The molecule has 0 aliphatic heterocycles. The summed E-state index contributed by atoms with van der Waals surface area (Å²) in [4.78, 5) is 0. The average molecular weight is 296 g/mol. The third-order valence-corrected chi connectivity index (χ3v) is 7.75. The van der Waals surface area contributed by atoms with Crippen molar-refractivity contribution in [3.63, 3.8) is 0 Å². The smallest absolute Gasteiger partial charge is 0.267 e. The van der Waals surface area contributed by atoms with Gasteiger partial charge in [0.05, 0.1) is 12.4 Å². The zero-order chi connectivity index (χ0) is 13.9. The molecular formula is C16H24O3S. The molecule has 0 aromatic carbocycles. The van der Waals surface area contributed by atoms with Crippen LogP contribution in [0.3, 0.4) is 0 Å². The Hall–Kier alpha value is -0.350. The van der Waals surface area contributed by atoms with E-state index in [1.54, 1.807) is 6.92 Å². The Morgan fingerprint density at radius 2 is 1.85 bits per heavy atom. The van der Waals surface area contributed by atoms with Gasteiger partial charge in [0.15, 0.2) is 0 Å². The molecule has 0 aromatic heterocycles. The number of hydrogen-bond donors (Lipinski definition) is 0. The predicted molar refractivity (Wildman–Crippen MR) is 77.5 cm³/mol. The minimum atomic E-state index is -3.26. The molecule has 0 N–H and O–H groups in total. The first kappa shape index (κ1) is 13.3. The van der Waals surface area contributed by atoms with Gasteiger partial charge in [0.25, 0.3) is 10.1 Å². The summed E-state index contributed by atoms with van der Waals surface area (Å²) in [6, 6.07) is 0. The summed E-state index contributed by atoms with van der Waals surface area (Å²) in [5.74, 6) is 6.14. The van der Waals surface area contributed by atoms with E-state index in [1.165, 1.54) is 19.3 Å². The van der Waals surface area contributed by atoms with Crippen molar-refractivity contribution in [1.82, 2.24) is 0 Å². The monoisotopic (exact) mass is 296 g/mol. The Bertz CT molecular complexity index is 524. The summed E-state index contributed by atoms with van der Waals surface area (Å²) in [6.07, 6.45) is 9.98. The summed E-state index contributed by atoms with van der Waals surface area (Å²) in [5, 5.41) is 0. The van der Waals surface area contributed by atoms with Gasteiger partial charge < -0.3 is 0 Å². The fourth-order valence-electron chi connectivity index (χ4n) is 5.89. The van der Waals surface area contributed by atoms with Gasteiger partial charge in [-0.15, -0.1) is 0 Å². The van der Waals surface area contributed by atoms with E-state index >= 15 is 0 Å². The molecule has 7 unspecified atom stereocenters. The first-order chi connectivity index (χ1) is 9.59. The van der Waals surface area contributed by atoms with E-state index in [0.717, 1.165) is 41.9 Å². The van der Waals surface area contributed by atoms with Crippen LogP contribution >= 0.6 is 0 Å². The molecule has 0 saturated heterocycles. The summed E-state index contributed by atoms with van der Waals surface area (Å²) < 4.78 is 27.9. The quantitative estimate of drug-likeness (QED) is 0.445. The van der Waals surface area contributed by atoms with Gasteiger partial charge in [0.1, 0.15) is 0 Å². The van der Waals surface area contributed by atoms with E-state index < -0.39 is 10.1 Å². The van der Waals surface area contributed by atoms with Gasteiger partial charge in [0.2, 0.25) is 0 Å². The topological polar surface area (TPSA) is 43.4 Å². The van der Waals surface area contributed by atoms with Crippen LogP contribution in [0.5, 0.6) is 0 Å². The van der Waals surface area contributed by atoms with Gasteiger partial charge in [-0.2, -0.15) is 8.42 Å². The van der Waals surface area contributed by atoms with Crippen molar-refractivity contribution in [2.75, 3.05) is 12.4 Å². The minimum absolute atomic E-state index is 0.0863. The molecule has 0 spiro atoms. The number of fused-ring (bicyclic) bond motifs is 9. The first-order valence-corrected chi connectivity index (χ1v) is 9.72. The Labute approximate surface area is 121 Å². The van der Waals surface area contributed by atoms with E-state index in [1.807, 2.05) is 0 Å². The zero-order valence-corrected chi connectivity index (χ0v) is 12.9. The SMILES string of the molecule is CCS(=O)(=O)OCCC1CC2CC1C1C3C=CC(C3)C21. The molecule has 0 aromatic rings. The molecular weight excluding hydrogens is 272 g/mol. The molecule has 0 amide bonds. The number of allylic oxidation sites excluding steroid dienone is 2. The van der Waals surface area contributed by atoms with Gasteiger partial charge in [-0.05, 0) is 74.0 Å². The van der Waals surface area contributed by atoms with Crippen molar-refractivity contribution >= 4 is 10.1 Å². The molecule has 112 valence electrons. The van der Waals surface area contributed by atoms with Gasteiger partial charge >= 0.3 is 0 Å². The summed E-state index contributed by atoms with van der Waals surface area (Å²) in [6.45, 7) is 2.03. The third kappa shape index (κ3) is 1.91. The molecule has 4 aliphatic rings. The van der Waals surface area contributed by atoms with Gasteiger partial charge in [-0.25, -0.2) is 0 Å². The van der Waals surface area contributed by atoms with E-state index in [4.69, 9.17) is 4.18 Å². The second-order valence-corrected chi connectivity index (χ2v) is 9.14. The molecule has 3 saturated carbocycles. The normalized spacial score (nSPS) is 48.1. The second-order valence-electron chi connectivity index (χ2n) is 7.22. The van der Waals surface area contributed by atoms with Crippen molar-refractivity contribution in [1.29, 1.82) is 0 Å². The average Bonchev–Trinajstić information content (AvgIpc) is 3.16. The van der Waals surface area contributed by atoms with E-state index in [-0.39, 0.29) is 5.75 Å². The van der Waals surface area contributed by atoms with Crippen LogP contribution in [0.15, 0.2) is 12.2 Å². The largest absolute Gasteiger partial charge is 0.270 e. The van der Waals surface area contributed by atoms with Gasteiger partial charge in [0, 0.05) is 0 Å². The van der Waals surface area contributed by atoms with Crippen molar-refractivity contribution < 1.29 is 12.6 Å². The van der Waals surface area contributed by atoms with Crippen LogP contribution in [0.4, 0.5) is 0 Å². The maximum Gasteiger partial charge on any atom is 0.267 e. The maximum atomic E-state index is 11.4. The number of hydrogen-bond acceptors (Lipinski definition) is 3. The molecule has 4 aliphatic carbocycles. The first-order valence-electron chi connectivity index (χ1n) is 8.14. The molecule has 0 heterocycles. The van der Waals surface area contributed by atoms with Crippen molar-refractivity contribution in [3.8, 4) is 0 Å². The predicted octanol–water partition coefficient (Wildman–Crippen LogP) is 2.84. The van der Waals surface area contributed by atoms with Crippen LogP contribution in [0.25, 0.3) is 0 Å². The Morgan fingerprint density at radius 3 is 2.60 bits per heavy atom. The highest BCUT2D eigenvalue weighted by molar-refractivity contribution is 7.86. The van der Waals surface area contributed by atoms with Gasteiger partial charge in [-0.3, -0.25) is 4.18 Å². The lowest BCUT2D eigenvalue weighted by molar-refractivity contribution is 0.131. The molecule has 3 nitrogen and oxygen atoms in total. The molecule has 4 bridgehead atoms. The third-order valence-electron chi connectivity index (χ3n) is 6.51. The highest BCUT2D eigenvalue weighted by Gasteiger charge is 2.60. The lowest BCUT2D eigenvalue weighted by Gasteiger charge is -2.36. The summed E-state index contributed by atoms with van der Waals surface area (Å²) in [7, 11) is -3.26. The fourth-order valence-corrected chi connectivity index (χ4v) is 6.41.